The fraction of sp³-hybridized carbons (Fsp3) is 0.529. The summed E-state index contributed by atoms with van der Waals surface area (Å²) in [5.74, 6) is -0.0796. The number of nitrogens with zero attached hydrogens (tertiary/aromatic N) is 4. The van der Waals surface area contributed by atoms with Crippen molar-refractivity contribution in [2.24, 2.45) is 5.92 Å². The van der Waals surface area contributed by atoms with E-state index in [0.717, 1.165) is 37.2 Å². The normalized spacial score (nSPS) is 20.4. The lowest BCUT2D eigenvalue weighted by Crippen LogP contribution is -3.12. The van der Waals surface area contributed by atoms with E-state index in [0.29, 0.717) is 11.4 Å². The summed E-state index contributed by atoms with van der Waals surface area (Å²) in [6.45, 7) is 6.58. The van der Waals surface area contributed by atoms with Crippen LogP contribution in [0.3, 0.4) is 0 Å². The lowest BCUT2D eigenvalue weighted by Gasteiger charge is -2.27. The largest absolute Gasteiger partial charge is 0.469 e. The Morgan fingerprint density at radius 3 is 2.68 bits per heavy atom. The number of methoxy groups -OCH3 is 1. The Kier molecular flexibility index (Phi) is 5.29. The van der Waals surface area contributed by atoms with Gasteiger partial charge in [-0.3, -0.25) is 4.79 Å². The van der Waals surface area contributed by atoms with Gasteiger partial charge >= 0.3 is 5.97 Å². The molecule has 0 atom stereocenters. The predicted molar refractivity (Wildman–Crippen MR) is 95.1 cm³/mol. The highest BCUT2D eigenvalue weighted by Gasteiger charge is 2.28. The van der Waals surface area contributed by atoms with E-state index in [4.69, 9.17) is 17.0 Å². The fourth-order valence-corrected chi connectivity index (χ4v) is 3.60. The van der Waals surface area contributed by atoms with Gasteiger partial charge < -0.3 is 9.64 Å². The number of hydrogen-bond acceptors (Lipinski definition) is 5. The highest BCUT2D eigenvalue weighted by Crippen LogP contribution is 2.15. The van der Waals surface area contributed by atoms with Gasteiger partial charge in [-0.05, 0) is 48.1 Å². The molecule has 1 aromatic carbocycles. The van der Waals surface area contributed by atoms with E-state index in [-0.39, 0.29) is 11.9 Å². The number of carbonyl (C=O) groups is 1. The third-order valence-corrected chi connectivity index (χ3v) is 5.20. The molecule has 1 aliphatic heterocycles. The summed E-state index contributed by atoms with van der Waals surface area (Å²) in [6, 6.07) is 6.18. The van der Waals surface area contributed by atoms with E-state index in [9.17, 15) is 4.79 Å². The van der Waals surface area contributed by atoms with E-state index in [1.807, 2.05) is 19.1 Å². The molecule has 25 heavy (non-hydrogen) atoms. The van der Waals surface area contributed by atoms with Crippen molar-refractivity contribution in [3.8, 4) is 5.69 Å². The summed E-state index contributed by atoms with van der Waals surface area (Å²) in [5.41, 5.74) is 3.29. The Morgan fingerprint density at radius 2 is 2.04 bits per heavy atom. The molecule has 0 spiro atoms. The summed E-state index contributed by atoms with van der Waals surface area (Å²) in [5, 5.41) is 8.47. The lowest BCUT2D eigenvalue weighted by molar-refractivity contribution is -0.929. The molecular formula is C17H24N5O2S+. The first-order valence-electron chi connectivity index (χ1n) is 8.51. The highest BCUT2D eigenvalue weighted by molar-refractivity contribution is 7.71. The van der Waals surface area contributed by atoms with Gasteiger partial charge in [0, 0.05) is 12.8 Å². The molecule has 2 heterocycles. The second-order valence-corrected chi connectivity index (χ2v) is 7.03. The van der Waals surface area contributed by atoms with Crippen LogP contribution in [0.4, 0.5) is 0 Å². The van der Waals surface area contributed by atoms with Gasteiger partial charge in [0.2, 0.25) is 4.77 Å². The Labute approximate surface area is 152 Å². The molecule has 0 radical (unpaired) electrons. The molecule has 1 N–H and O–H groups in total. The number of quaternary nitrogens is 1. The average molecular weight is 362 g/mol. The number of aryl methyl sites for hydroxylation is 2. The molecule has 2 aromatic rings. The first kappa shape index (κ1) is 17.8. The Bertz CT molecular complexity index is 821. The molecule has 8 heteroatoms. The van der Waals surface area contributed by atoms with Gasteiger partial charge in [-0.15, -0.1) is 0 Å². The smallest absolute Gasteiger partial charge is 0.309 e. The minimum Gasteiger partial charge on any atom is -0.469 e. The van der Waals surface area contributed by atoms with E-state index < -0.39 is 0 Å². The van der Waals surface area contributed by atoms with E-state index >= 15 is 0 Å². The maximum Gasteiger partial charge on any atom is 0.309 e. The van der Waals surface area contributed by atoms with Crippen LogP contribution >= 0.6 is 12.2 Å². The number of esters is 1. The Balaban J connectivity index is 1.70. The summed E-state index contributed by atoms with van der Waals surface area (Å²) >= 11 is 5.57. The first-order chi connectivity index (χ1) is 12.0. The SMILES string of the molecule is COC(=O)C1CC[NH+](Cn2nnn(-c3ccc(C)cc3C)c2=S)CC1. The van der Waals surface area contributed by atoms with Crippen LogP contribution in [0.5, 0.6) is 0 Å². The number of piperidine rings is 1. The van der Waals surface area contributed by atoms with Crippen LogP contribution in [0.1, 0.15) is 24.0 Å². The van der Waals surface area contributed by atoms with Crippen LogP contribution in [0.2, 0.25) is 0 Å². The van der Waals surface area contributed by atoms with Gasteiger partial charge in [-0.25, -0.2) is 0 Å². The van der Waals surface area contributed by atoms with Crippen LogP contribution in [-0.2, 0) is 16.2 Å². The maximum absolute atomic E-state index is 11.6. The van der Waals surface area contributed by atoms with Crippen LogP contribution in [-0.4, -0.2) is 46.0 Å². The highest BCUT2D eigenvalue weighted by atomic mass is 32.1. The molecule has 0 aliphatic carbocycles. The molecule has 0 amide bonds. The zero-order valence-corrected chi connectivity index (χ0v) is 15.7. The molecule has 7 nitrogen and oxygen atoms in total. The summed E-state index contributed by atoms with van der Waals surface area (Å²) in [4.78, 5) is 13.0. The van der Waals surface area contributed by atoms with Gasteiger partial charge in [-0.1, -0.05) is 17.7 Å². The maximum atomic E-state index is 11.6. The second-order valence-electron chi connectivity index (χ2n) is 6.67. The monoisotopic (exact) mass is 362 g/mol. The van der Waals surface area contributed by atoms with Crippen molar-refractivity contribution in [3.05, 3.63) is 34.1 Å². The lowest BCUT2D eigenvalue weighted by atomic mass is 9.97. The van der Waals surface area contributed by atoms with Crippen molar-refractivity contribution in [3.63, 3.8) is 0 Å². The molecule has 1 aromatic heterocycles. The third kappa shape index (κ3) is 3.80. The van der Waals surface area contributed by atoms with Crippen LogP contribution in [0, 0.1) is 24.5 Å². The molecule has 1 saturated heterocycles. The average Bonchev–Trinajstić information content (AvgIpc) is 2.95. The quantitative estimate of drug-likeness (QED) is 0.645. The first-order valence-corrected chi connectivity index (χ1v) is 8.92. The number of nitrogens with one attached hydrogen (secondary N) is 1. The molecule has 3 rings (SSSR count). The Hall–Kier alpha value is -2.06. The number of hydrogen-bond donors (Lipinski definition) is 1. The minimum atomic E-state index is -0.101. The Morgan fingerprint density at radius 1 is 1.32 bits per heavy atom. The van der Waals surface area contributed by atoms with Crippen molar-refractivity contribution in [2.45, 2.75) is 33.4 Å². The van der Waals surface area contributed by atoms with Gasteiger partial charge in [0.15, 0.2) is 6.67 Å². The van der Waals surface area contributed by atoms with Crippen LogP contribution < -0.4 is 4.90 Å². The zero-order valence-electron chi connectivity index (χ0n) is 14.9. The topological polar surface area (TPSA) is 66.4 Å². The third-order valence-electron chi connectivity index (χ3n) is 4.82. The summed E-state index contributed by atoms with van der Waals surface area (Å²) in [7, 11) is 1.45. The molecule has 134 valence electrons. The van der Waals surface area contributed by atoms with Crippen molar-refractivity contribution >= 4 is 18.2 Å². The molecule has 1 fully saturated rings. The molecule has 1 aliphatic rings. The molecule has 0 unspecified atom stereocenters. The zero-order chi connectivity index (χ0) is 18.0. The van der Waals surface area contributed by atoms with Crippen LogP contribution in [0.15, 0.2) is 18.2 Å². The van der Waals surface area contributed by atoms with E-state index in [1.165, 1.54) is 17.6 Å². The minimum absolute atomic E-state index is 0.0209. The van der Waals surface area contributed by atoms with Gasteiger partial charge in [0.1, 0.15) is 0 Å². The van der Waals surface area contributed by atoms with Crippen molar-refractivity contribution < 1.29 is 14.4 Å². The van der Waals surface area contributed by atoms with E-state index in [1.54, 1.807) is 9.36 Å². The standard InChI is InChI=1S/C17H23N5O2S/c1-12-4-5-15(13(2)10-12)22-17(25)21(18-19-22)11-20-8-6-14(7-9-20)16(23)24-3/h4-5,10,14H,6-9,11H2,1-3H3/p+1. The number of likely N-dealkylation sites (tertiary alicyclic amines) is 1. The van der Waals surface area contributed by atoms with Crippen molar-refractivity contribution in [2.75, 3.05) is 20.2 Å². The molecule has 0 bridgehead atoms. The predicted octanol–water partition coefficient (Wildman–Crippen LogP) is 0.841. The number of ether oxygens (including phenoxy) is 1. The number of tetrazole rings is 1. The van der Waals surface area contributed by atoms with Crippen molar-refractivity contribution in [1.82, 2.24) is 19.8 Å². The van der Waals surface area contributed by atoms with Crippen molar-refractivity contribution in [1.29, 1.82) is 0 Å². The van der Waals surface area contributed by atoms with Crippen LogP contribution in [0.25, 0.3) is 5.69 Å². The number of aromatic nitrogens is 4. The number of benzene rings is 1. The molecular weight excluding hydrogens is 338 g/mol. The number of rotatable bonds is 4. The van der Waals surface area contributed by atoms with E-state index in [2.05, 4.69) is 23.4 Å². The summed E-state index contributed by atoms with van der Waals surface area (Å²) in [6.07, 6.45) is 1.67. The van der Waals surface area contributed by atoms with Gasteiger partial charge in [0.05, 0.1) is 31.8 Å². The molecule has 0 saturated carbocycles. The van der Waals surface area contributed by atoms with Gasteiger partial charge in [-0.2, -0.15) is 9.36 Å². The number of carbonyl (C=O) groups excluding carboxylic acids is 1. The van der Waals surface area contributed by atoms with Gasteiger partial charge in [0.25, 0.3) is 0 Å². The second kappa shape index (κ2) is 7.45. The summed E-state index contributed by atoms with van der Waals surface area (Å²) < 4.78 is 8.91. The fourth-order valence-electron chi connectivity index (χ4n) is 3.37.